The molecule has 9 aromatic carbocycles. The highest BCUT2D eigenvalue weighted by Crippen LogP contribution is 2.44. The van der Waals surface area contributed by atoms with Crippen molar-refractivity contribution in [3.63, 3.8) is 0 Å². The van der Waals surface area contributed by atoms with Crippen LogP contribution in [-0.4, -0.2) is 19.5 Å². The first-order valence-electron chi connectivity index (χ1n) is 20.7. The summed E-state index contributed by atoms with van der Waals surface area (Å²) in [6.07, 6.45) is 0. The molecule has 0 atom stereocenters. The van der Waals surface area contributed by atoms with Crippen LogP contribution in [0.3, 0.4) is 0 Å². The molecule has 0 amide bonds. The highest BCUT2D eigenvalue weighted by atomic mass is 15.0. The molecular formula is C57H36N4. The molecule has 4 heteroatoms. The van der Waals surface area contributed by atoms with E-state index in [1.807, 2.05) is 0 Å². The van der Waals surface area contributed by atoms with Gasteiger partial charge in [-0.25, -0.2) is 15.0 Å². The number of rotatable bonds is 6. The van der Waals surface area contributed by atoms with Crippen LogP contribution in [0.25, 0.3) is 116 Å². The van der Waals surface area contributed by atoms with Crippen molar-refractivity contribution in [1.82, 2.24) is 19.5 Å². The lowest BCUT2D eigenvalue weighted by Gasteiger charge is -2.18. The fourth-order valence-corrected chi connectivity index (χ4v) is 9.17. The molecule has 0 unspecified atom stereocenters. The molecular weight excluding hydrogens is 741 g/mol. The van der Waals surface area contributed by atoms with Gasteiger partial charge in [0.2, 0.25) is 0 Å². The van der Waals surface area contributed by atoms with Gasteiger partial charge < -0.3 is 4.57 Å². The summed E-state index contributed by atoms with van der Waals surface area (Å²) < 4.78 is 2.38. The van der Waals surface area contributed by atoms with E-state index in [0.29, 0.717) is 5.82 Å². The molecule has 4 nitrogen and oxygen atoms in total. The third kappa shape index (κ3) is 5.80. The number of aromatic nitrogens is 4. The molecule has 0 N–H and O–H groups in total. The van der Waals surface area contributed by atoms with E-state index < -0.39 is 0 Å². The van der Waals surface area contributed by atoms with Crippen molar-refractivity contribution in [2.24, 2.45) is 0 Å². The number of pyridine rings is 1. The van der Waals surface area contributed by atoms with Crippen molar-refractivity contribution in [1.29, 1.82) is 0 Å². The zero-order valence-corrected chi connectivity index (χ0v) is 33.1. The molecule has 12 rings (SSSR count). The van der Waals surface area contributed by atoms with Gasteiger partial charge in [-0.3, -0.25) is 0 Å². The molecule has 61 heavy (non-hydrogen) atoms. The van der Waals surface area contributed by atoms with Crippen LogP contribution in [0, 0.1) is 0 Å². The molecule has 0 aliphatic heterocycles. The minimum Gasteiger partial charge on any atom is -0.309 e. The molecule has 12 aromatic rings. The lowest BCUT2D eigenvalue weighted by molar-refractivity contribution is 1.18. The van der Waals surface area contributed by atoms with Crippen LogP contribution in [0.1, 0.15) is 0 Å². The fourth-order valence-electron chi connectivity index (χ4n) is 9.17. The maximum atomic E-state index is 5.39. The van der Waals surface area contributed by atoms with Crippen LogP contribution in [0.5, 0.6) is 0 Å². The summed E-state index contributed by atoms with van der Waals surface area (Å²) >= 11 is 0. The summed E-state index contributed by atoms with van der Waals surface area (Å²) in [5.74, 6) is 0.690. The van der Waals surface area contributed by atoms with Gasteiger partial charge >= 0.3 is 0 Å². The van der Waals surface area contributed by atoms with Crippen LogP contribution in [0.2, 0.25) is 0 Å². The van der Waals surface area contributed by atoms with Crippen LogP contribution < -0.4 is 0 Å². The van der Waals surface area contributed by atoms with Crippen molar-refractivity contribution in [3.8, 4) is 62.0 Å². The fraction of sp³-hybridized carbons (Fsp3) is 0. The zero-order valence-electron chi connectivity index (χ0n) is 33.1. The molecule has 0 aliphatic carbocycles. The number of para-hydroxylation sites is 3. The van der Waals surface area contributed by atoms with E-state index >= 15 is 0 Å². The molecule has 0 bridgehead atoms. The third-order valence-electron chi connectivity index (χ3n) is 12.0. The van der Waals surface area contributed by atoms with Gasteiger partial charge in [0.1, 0.15) is 0 Å². The monoisotopic (exact) mass is 776 g/mol. The maximum Gasteiger partial charge on any atom is 0.160 e. The zero-order chi connectivity index (χ0) is 40.3. The van der Waals surface area contributed by atoms with Crippen LogP contribution in [-0.2, 0) is 0 Å². The predicted octanol–water partition coefficient (Wildman–Crippen LogP) is 14.8. The normalized spacial score (nSPS) is 11.6. The van der Waals surface area contributed by atoms with Crippen LogP contribution >= 0.6 is 0 Å². The van der Waals surface area contributed by atoms with Gasteiger partial charge in [-0.2, -0.15) is 0 Å². The lowest BCUT2D eigenvalue weighted by Crippen LogP contribution is -2.01. The van der Waals surface area contributed by atoms with Gasteiger partial charge in [0.05, 0.1) is 33.6 Å². The number of hydrogen-bond donors (Lipinski definition) is 0. The van der Waals surface area contributed by atoms with E-state index in [4.69, 9.17) is 15.0 Å². The first-order valence-corrected chi connectivity index (χ1v) is 20.7. The van der Waals surface area contributed by atoms with Crippen molar-refractivity contribution in [2.45, 2.75) is 0 Å². The summed E-state index contributed by atoms with van der Waals surface area (Å²) in [6.45, 7) is 0. The average Bonchev–Trinajstić information content (AvgIpc) is 3.68. The Kier molecular flexibility index (Phi) is 8.13. The van der Waals surface area contributed by atoms with Crippen molar-refractivity contribution in [2.75, 3.05) is 0 Å². The van der Waals surface area contributed by atoms with E-state index in [1.54, 1.807) is 0 Å². The Balaban J connectivity index is 1.08. The Morgan fingerprint density at radius 1 is 0.311 bits per heavy atom. The highest BCUT2D eigenvalue weighted by molar-refractivity contribution is 6.29. The van der Waals surface area contributed by atoms with Crippen molar-refractivity contribution < 1.29 is 0 Å². The Labute approximate surface area is 352 Å². The molecule has 0 saturated carbocycles. The van der Waals surface area contributed by atoms with Gasteiger partial charge in [0.15, 0.2) is 5.82 Å². The first-order chi connectivity index (χ1) is 30.3. The number of benzene rings is 9. The maximum absolute atomic E-state index is 5.39. The van der Waals surface area contributed by atoms with Gasteiger partial charge in [0.25, 0.3) is 0 Å². The second kappa shape index (κ2) is 14.3. The topological polar surface area (TPSA) is 43.6 Å². The van der Waals surface area contributed by atoms with Crippen LogP contribution in [0.15, 0.2) is 218 Å². The second-order valence-corrected chi connectivity index (χ2v) is 15.5. The summed E-state index contributed by atoms with van der Waals surface area (Å²) in [5, 5.41) is 8.27. The average molecular weight is 777 g/mol. The molecule has 3 heterocycles. The van der Waals surface area contributed by atoms with Gasteiger partial charge in [-0.15, -0.1) is 0 Å². The largest absolute Gasteiger partial charge is 0.309 e. The Morgan fingerprint density at radius 2 is 0.869 bits per heavy atom. The summed E-state index contributed by atoms with van der Waals surface area (Å²) in [5.41, 5.74) is 13.3. The van der Waals surface area contributed by atoms with Gasteiger partial charge in [-0.1, -0.05) is 182 Å². The number of fused-ring (bicyclic) bond motifs is 8. The minimum atomic E-state index is 0.690. The van der Waals surface area contributed by atoms with E-state index in [2.05, 4.69) is 223 Å². The first kappa shape index (κ1) is 34.8. The van der Waals surface area contributed by atoms with Crippen molar-refractivity contribution >= 4 is 54.3 Å². The number of hydrogen-bond acceptors (Lipinski definition) is 3. The molecule has 284 valence electrons. The molecule has 0 radical (unpaired) electrons. The summed E-state index contributed by atoms with van der Waals surface area (Å²) in [7, 11) is 0. The Hall–Kier alpha value is -8.21. The van der Waals surface area contributed by atoms with E-state index in [9.17, 15) is 0 Å². The lowest BCUT2D eigenvalue weighted by atomic mass is 9.92. The Morgan fingerprint density at radius 3 is 1.59 bits per heavy atom. The molecule has 0 saturated heterocycles. The van der Waals surface area contributed by atoms with Gasteiger partial charge in [0, 0.05) is 60.4 Å². The summed E-state index contributed by atoms with van der Waals surface area (Å²) in [4.78, 5) is 16.2. The predicted molar refractivity (Wildman–Crippen MR) is 254 cm³/mol. The molecule has 0 spiro atoms. The SMILES string of the molecule is c1ccc(-c2nc(-c3ccc4ccccc4c3)nc(-c3ccccc3)c2-c2ccc(-c3nc4ccccc4c4c3ccc3c4c4ccccc4n3-c3ccccc3)cc2)cc1. The quantitative estimate of drug-likeness (QED) is 0.158. The minimum absolute atomic E-state index is 0.690. The standard InChI is InChI=1S/C57H36N4/c1-4-17-39(18-5-1)55-51(56(40-19-6-2-7-20-40)60-57(59-55)43-33-28-37-16-10-11-21-42(37)36-43)38-29-31-41(32-30-38)54-47-34-35-50-53(52(47)45-24-12-14-26-48(45)58-54)46-25-13-15-27-49(46)61(50)44-22-8-3-9-23-44/h1-36H. The smallest absolute Gasteiger partial charge is 0.160 e. The van der Waals surface area contributed by atoms with E-state index in [1.165, 1.54) is 32.6 Å². The Bertz CT molecular complexity index is 3550. The van der Waals surface area contributed by atoms with E-state index in [-0.39, 0.29) is 0 Å². The highest BCUT2D eigenvalue weighted by Gasteiger charge is 2.22. The number of nitrogens with zero attached hydrogens (tertiary/aromatic N) is 4. The van der Waals surface area contributed by atoms with Crippen LogP contribution in [0.4, 0.5) is 0 Å². The molecule has 0 aliphatic rings. The molecule has 0 fully saturated rings. The molecule has 3 aromatic heterocycles. The second-order valence-electron chi connectivity index (χ2n) is 15.5. The summed E-state index contributed by atoms with van der Waals surface area (Å²) in [6, 6.07) is 77.2. The third-order valence-corrected chi connectivity index (χ3v) is 12.0. The van der Waals surface area contributed by atoms with Crippen molar-refractivity contribution in [3.05, 3.63) is 218 Å². The van der Waals surface area contributed by atoms with Gasteiger partial charge in [-0.05, 0) is 52.7 Å². The van der Waals surface area contributed by atoms with E-state index in [0.717, 1.165) is 77.8 Å².